The normalized spacial score (nSPS) is 17.6. The van der Waals surface area contributed by atoms with Crippen LogP contribution >= 0.6 is 0 Å². The first-order chi connectivity index (χ1) is 9.29. The van der Waals surface area contributed by atoms with Gasteiger partial charge >= 0.3 is 6.18 Å². The molecule has 1 fully saturated rings. The summed E-state index contributed by atoms with van der Waals surface area (Å²) in [6, 6.07) is 7.24. The number of hydrogen-bond acceptors (Lipinski definition) is 3. The molecular weight excluding hydrogens is 275 g/mol. The third-order valence-corrected chi connectivity index (χ3v) is 3.09. The van der Waals surface area contributed by atoms with E-state index < -0.39 is 18.2 Å². The van der Waals surface area contributed by atoms with Crippen LogP contribution in [0.2, 0.25) is 0 Å². The molecule has 1 aliphatic heterocycles. The van der Waals surface area contributed by atoms with E-state index in [1.807, 2.05) is 19.1 Å². The van der Waals surface area contributed by atoms with Crippen molar-refractivity contribution in [3.8, 4) is 5.75 Å². The van der Waals surface area contributed by atoms with Gasteiger partial charge in [0.15, 0.2) is 0 Å². The summed E-state index contributed by atoms with van der Waals surface area (Å²) in [5.41, 5.74) is 0.910. The van der Waals surface area contributed by atoms with Gasteiger partial charge in [-0.1, -0.05) is 18.2 Å². The van der Waals surface area contributed by atoms with Crippen molar-refractivity contribution in [2.45, 2.75) is 25.3 Å². The largest absolute Gasteiger partial charge is 0.486 e. The zero-order chi connectivity index (χ0) is 14.9. The van der Waals surface area contributed by atoms with Gasteiger partial charge in [0, 0.05) is 0 Å². The molecule has 7 heteroatoms. The van der Waals surface area contributed by atoms with Gasteiger partial charge in [0.2, 0.25) is 6.10 Å². The third kappa shape index (κ3) is 3.04. The number of halogens is 3. The Morgan fingerprint density at radius 1 is 1.40 bits per heavy atom. The summed E-state index contributed by atoms with van der Waals surface area (Å²) >= 11 is 0. The van der Waals surface area contributed by atoms with Gasteiger partial charge in [-0.15, -0.1) is 0 Å². The van der Waals surface area contributed by atoms with Gasteiger partial charge in [-0.25, -0.2) is 0 Å². The van der Waals surface area contributed by atoms with Crippen LogP contribution in [-0.4, -0.2) is 47.4 Å². The molecule has 0 bridgehead atoms. The molecule has 1 saturated heterocycles. The molecule has 1 aliphatic rings. The molecular formula is C13H14F3NO3. The monoisotopic (exact) mass is 289 g/mol. The lowest BCUT2D eigenvalue weighted by Gasteiger charge is -2.40. The average molecular weight is 289 g/mol. The molecule has 1 heterocycles. The van der Waals surface area contributed by atoms with E-state index in [0.717, 1.165) is 10.5 Å². The second-order valence-corrected chi connectivity index (χ2v) is 4.69. The lowest BCUT2D eigenvalue weighted by molar-refractivity contribution is -0.214. The van der Waals surface area contributed by atoms with Crippen LogP contribution in [0.4, 0.5) is 13.2 Å². The maximum absolute atomic E-state index is 12.2. The predicted octanol–water partition coefficient (Wildman–Crippen LogP) is 1.51. The van der Waals surface area contributed by atoms with Gasteiger partial charge in [-0.2, -0.15) is 13.2 Å². The first-order valence-electron chi connectivity index (χ1n) is 6.05. The average Bonchev–Trinajstić information content (AvgIpc) is 2.32. The summed E-state index contributed by atoms with van der Waals surface area (Å²) in [6.45, 7) is 1.94. The number of aliphatic hydroxyl groups is 1. The van der Waals surface area contributed by atoms with Crippen molar-refractivity contribution in [1.82, 2.24) is 4.90 Å². The van der Waals surface area contributed by atoms with E-state index in [2.05, 4.69) is 0 Å². The SMILES string of the molecule is Cc1ccccc1OC1CN(C(=O)[C@H](O)C(F)(F)F)C1. The molecule has 0 aromatic heterocycles. The van der Waals surface area contributed by atoms with E-state index in [4.69, 9.17) is 9.84 Å². The first-order valence-corrected chi connectivity index (χ1v) is 6.05. The molecule has 4 nitrogen and oxygen atoms in total. The molecule has 2 rings (SSSR count). The number of amides is 1. The number of carbonyl (C=O) groups is 1. The summed E-state index contributed by atoms with van der Waals surface area (Å²) in [5.74, 6) is -0.692. The zero-order valence-electron chi connectivity index (χ0n) is 10.7. The second-order valence-electron chi connectivity index (χ2n) is 4.69. The van der Waals surface area contributed by atoms with Crippen LogP contribution in [0.3, 0.4) is 0 Å². The Kier molecular flexibility index (Phi) is 3.89. The van der Waals surface area contributed by atoms with E-state index in [-0.39, 0.29) is 19.2 Å². The van der Waals surface area contributed by atoms with E-state index in [0.29, 0.717) is 5.75 Å². The Morgan fingerprint density at radius 2 is 2.00 bits per heavy atom. The number of para-hydroxylation sites is 1. The van der Waals surface area contributed by atoms with Crippen molar-refractivity contribution < 1.29 is 27.8 Å². The predicted molar refractivity (Wildman–Crippen MR) is 64.2 cm³/mol. The molecule has 0 radical (unpaired) electrons. The molecule has 110 valence electrons. The van der Waals surface area contributed by atoms with E-state index >= 15 is 0 Å². The maximum Gasteiger partial charge on any atom is 0.423 e. The van der Waals surface area contributed by atoms with Gasteiger partial charge in [0.1, 0.15) is 11.9 Å². The van der Waals surface area contributed by atoms with Crippen LogP contribution in [0.25, 0.3) is 0 Å². The van der Waals surface area contributed by atoms with Gasteiger partial charge in [-0.05, 0) is 18.6 Å². The molecule has 0 spiro atoms. The van der Waals surface area contributed by atoms with Gasteiger partial charge in [-0.3, -0.25) is 4.79 Å². The molecule has 20 heavy (non-hydrogen) atoms. The fourth-order valence-corrected chi connectivity index (χ4v) is 1.87. The number of rotatable bonds is 3. The van der Waals surface area contributed by atoms with Gasteiger partial charge in [0.25, 0.3) is 5.91 Å². The quantitative estimate of drug-likeness (QED) is 0.917. The van der Waals surface area contributed by atoms with Crippen molar-refractivity contribution >= 4 is 5.91 Å². The van der Waals surface area contributed by atoms with Gasteiger partial charge in [0.05, 0.1) is 13.1 Å². The fraction of sp³-hybridized carbons (Fsp3) is 0.462. The summed E-state index contributed by atoms with van der Waals surface area (Å²) in [6.07, 6.45) is -8.23. The molecule has 0 aliphatic carbocycles. The smallest absolute Gasteiger partial charge is 0.423 e. The minimum atomic E-state index is -4.93. The summed E-state index contributed by atoms with van der Waals surface area (Å²) in [7, 11) is 0. The minimum Gasteiger partial charge on any atom is -0.486 e. The molecule has 1 N–H and O–H groups in total. The van der Waals surface area contributed by atoms with Crippen LogP contribution in [0.15, 0.2) is 24.3 Å². The molecule has 1 atom stereocenters. The Morgan fingerprint density at radius 3 is 2.55 bits per heavy atom. The molecule has 1 aromatic carbocycles. The Labute approximate surface area is 113 Å². The van der Waals surface area contributed by atoms with Gasteiger partial charge < -0.3 is 14.7 Å². The third-order valence-electron chi connectivity index (χ3n) is 3.09. The number of nitrogens with zero attached hydrogens (tertiary/aromatic N) is 1. The number of ether oxygens (including phenoxy) is 1. The topological polar surface area (TPSA) is 49.8 Å². The highest BCUT2D eigenvalue weighted by Gasteiger charge is 2.48. The summed E-state index contributed by atoms with van der Waals surface area (Å²) < 4.78 is 42.1. The number of benzene rings is 1. The Balaban J connectivity index is 1.86. The maximum atomic E-state index is 12.2. The van der Waals surface area contributed by atoms with Crippen molar-refractivity contribution in [3.63, 3.8) is 0 Å². The zero-order valence-corrected chi connectivity index (χ0v) is 10.7. The fourth-order valence-electron chi connectivity index (χ4n) is 1.87. The Bertz CT molecular complexity index is 498. The number of aliphatic hydroxyl groups excluding tert-OH is 1. The van der Waals surface area contributed by atoms with Crippen LogP contribution in [0.5, 0.6) is 5.75 Å². The highest BCUT2D eigenvalue weighted by Crippen LogP contribution is 2.25. The number of alkyl halides is 3. The van der Waals surface area contributed by atoms with Crippen molar-refractivity contribution in [3.05, 3.63) is 29.8 Å². The van der Waals surface area contributed by atoms with Crippen molar-refractivity contribution in [2.75, 3.05) is 13.1 Å². The van der Waals surface area contributed by atoms with Crippen LogP contribution < -0.4 is 4.74 Å². The highest BCUT2D eigenvalue weighted by molar-refractivity contribution is 5.82. The van der Waals surface area contributed by atoms with E-state index in [1.165, 1.54) is 0 Å². The number of aryl methyl sites for hydroxylation is 1. The summed E-state index contributed by atoms with van der Waals surface area (Å²) in [5, 5.41) is 8.85. The molecule has 1 amide bonds. The van der Waals surface area contributed by atoms with Crippen LogP contribution in [0, 0.1) is 6.92 Å². The minimum absolute atomic E-state index is 0.0420. The van der Waals surface area contributed by atoms with E-state index in [1.54, 1.807) is 12.1 Å². The lowest BCUT2D eigenvalue weighted by atomic mass is 10.1. The van der Waals surface area contributed by atoms with Crippen molar-refractivity contribution in [2.24, 2.45) is 0 Å². The standard InChI is InChI=1S/C13H14F3NO3/c1-8-4-2-3-5-10(8)20-9-6-17(7-9)12(19)11(18)13(14,15)16/h2-5,9,11,18H,6-7H2,1H3/t11-/m0/s1. The van der Waals surface area contributed by atoms with Crippen molar-refractivity contribution in [1.29, 1.82) is 0 Å². The molecule has 0 saturated carbocycles. The first kappa shape index (κ1) is 14.6. The molecule has 0 unspecified atom stereocenters. The number of hydrogen-bond donors (Lipinski definition) is 1. The second kappa shape index (κ2) is 5.32. The summed E-state index contributed by atoms with van der Waals surface area (Å²) in [4.78, 5) is 12.3. The number of likely N-dealkylation sites (tertiary alicyclic amines) is 1. The van der Waals surface area contributed by atoms with Crippen LogP contribution in [-0.2, 0) is 4.79 Å². The van der Waals surface area contributed by atoms with E-state index in [9.17, 15) is 18.0 Å². The Hall–Kier alpha value is -1.76. The molecule has 1 aromatic rings. The number of carbonyl (C=O) groups excluding carboxylic acids is 1. The lowest BCUT2D eigenvalue weighted by Crippen LogP contribution is -2.60. The highest BCUT2D eigenvalue weighted by atomic mass is 19.4. The van der Waals surface area contributed by atoms with Crippen LogP contribution in [0.1, 0.15) is 5.56 Å².